The monoisotopic (exact) mass is 211 g/mol. The number of nitrogens with one attached hydrogen (secondary N) is 1. The highest BCUT2D eigenvalue weighted by Crippen LogP contribution is 2.11. The predicted octanol–water partition coefficient (Wildman–Crippen LogP) is 2.59. The molecule has 0 heterocycles. The lowest BCUT2D eigenvalue weighted by Gasteiger charge is -2.16. The van der Waals surface area contributed by atoms with Gasteiger partial charge in [-0.25, -0.2) is 4.39 Å². The smallest absolute Gasteiger partial charge is 0.123 e. The molecule has 0 aliphatic heterocycles. The van der Waals surface area contributed by atoms with Crippen molar-refractivity contribution in [3.63, 3.8) is 0 Å². The summed E-state index contributed by atoms with van der Waals surface area (Å²) in [6.45, 7) is 5.74. The maximum atomic E-state index is 12.6. The fourth-order valence-electron chi connectivity index (χ4n) is 1.34. The number of halogens is 1. The van der Waals surface area contributed by atoms with Gasteiger partial charge in [-0.15, -0.1) is 0 Å². The third-order valence-corrected chi connectivity index (χ3v) is 2.25. The SMILES string of the molecule is CCNC(CC)COc1ccc(F)cc1. The first-order valence-electron chi connectivity index (χ1n) is 5.38. The number of rotatable bonds is 6. The summed E-state index contributed by atoms with van der Waals surface area (Å²) in [5, 5.41) is 3.31. The molecule has 2 nitrogen and oxygen atoms in total. The lowest BCUT2D eigenvalue weighted by atomic mass is 10.2. The van der Waals surface area contributed by atoms with Crippen LogP contribution in [-0.2, 0) is 0 Å². The summed E-state index contributed by atoms with van der Waals surface area (Å²) in [7, 11) is 0. The van der Waals surface area contributed by atoms with E-state index in [2.05, 4.69) is 19.2 Å². The Morgan fingerprint density at radius 1 is 1.27 bits per heavy atom. The highest BCUT2D eigenvalue weighted by Gasteiger charge is 2.04. The van der Waals surface area contributed by atoms with Crippen molar-refractivity contribution in [2.45, 2.75) is 26.3 Å². The number of hydrogen-bond acceptors (Lipinski definition) is 2. The number of benzene rings is 1. The van der Waals surface area contributed by atoms with Crippen LogP contribution in [0.1, 0.15) is 20.3 Å². The Balaban J connectivity index is 2.38. The molecule has 84 valence electrons. The minimum absolute atomic E-state index is 0.235. The summed E-state index contributed by atoms with van der Waals surface area (Å²) in [5.41, 5.74) is 0. The molecule has 0 spiro atoms. The Bertz CT molecular complexity index is 273. The lowest BCUT2D eigenvalue weighted by Crippen LogP contribution is -2.33. The number of ether oxygens (including phenoxy) is 1. The Morgan fingerprint density at radius 3 is 2.47 bits per heavy atom. The average Bonchev–Trinajstić information content (AvgIpc) is 2.26. The van der Waals surface area contributed by atoms with Gasteiger partial charge in [0.1, 0.15) is 18.2 Å². The standard InChI is InChI=1S/C12H18FNO/c1-3-11(14-4-2)9-15-12-7-5-10(13)6-8-12/h5-8,11,14H,3-4,9H2,1-2H3. The van der Waals surface area contributed by atoms with Crippen LogP contribution in [0.2, 0.25) is 0 Å². The molecule has 0 aromatic heterocycles. The second kappa shape index (κ2) is 6.40. The van der Waals surface area contributed by atoms with Crippen LogP contribution in [0.3, 0.4) is 0 Å². The second-order valence-electron chi connectivity index (χ2n) is 3.43. The van der Waals surface area contributed by atoms with Crippen LogP contribution in [0, 0.1) is 5.82 Å². The van der Waals surface area contributed by atoms with Crippen LogP contribution in [0.15, 0.2) is 24.3 Å². The molecule has 0 radical (unpaired) electrons. The third kappa shape index (κ3) is 4.30. The highest BCUT2D eigenvalue weighted by atomic mass is 19.1. The molecule has 1 rings (SSSR count). The maximum Gasteiger partial charge on any atom is 0.123 e. The van der Waals surface area contributed by atoms with Gasteiger partial charge in [-0.3, -0.25) is 0 Å². The molecule has 0 aliphatic rings. The molecular weight excluding hydrogens is 193 g/mol. The van der Waals surface area contributed by atoms with Crippen LogP contribution >= 0.6 is 0 Å². The summed E-state index contributed by atoms with van der Waals surface area (Å²) >= 11 is 0. The number of likely N-dealkylation sites (N-methyl/N-ethyl adjacent to an activating group) is 1. The van der Waals surface area contributed by atoms with E-state index in [9.17, 15) is 4.39 Å². The van der Waals surface area contributed by atoms with Gasteiger partial charge < -0.3 is 10.1 Å². The largest absolute Gasteiger partial charge is 0.492 e. The van der Waals surface area contributed by atoms with Gasteiger partial charge in [0, 0.05) is 6.04 Å². The van der Waals surface area contributed by atoms with E-state index in [1.54, 1.807) is 12.1 Å². The molecule has 1 aromatic carbocycles. The Labute approximate surface area is 90.4 Å². The Hall–Kier alpha value is -1.09. The van der Waals surface area contributed by atoms with Gasteiger partial charge in [-0.2, -0.15) is 0 Å². The molecule has 1 N–H and O–H groups in total. The van der Waals surface area contributed by atoms with Gasteiger partial charge in [-0.1, -0.05) is 13.8 Å². The second-order valence-corrected chi connectivity index (χ2v) is 3.43. The van der Waals surface area contributed by atoms with E-state index in [4.69, 9.17) is 4.74 Å². The van der Waals surface area contributed by atoms with Gasteiger partial charge >= 0.3 is 0 Å². The first kappa shape index (κ1) is 12.0. The zero-order valence-electron chi connectivity index (χ0n) is 9.29. The van der Waals surface area contributed by atoms with Crippen molar-refractivity contribution in [1.82, 2.24) is 5.32 Å². The Kier molecular flexibility index (Phi) is 5.12. The highest BCUT2D eigenvalue weighted by molar-refractivity contribution is 5.22. The number of hydrogen-bond donors (Lipinski definition) is 1. The zero-order valence-corrected chi connectivity index (χ0v) is 9.29. The summed E-state index contributed by atoms with van der Waals surface area (Å²) < 4.78 is 18.1. The van der Waals surface area contributed by atoms with Crippen LogP contribution < -0.4 is 10.1 Å². The fraction of sp³-hybridized carbons (Fsp3) is 0.500. The van der Waals surface area contributed by atoms with Gasteiger partial charge in [0.2, 0.25) is 0 Å². The van der Waals surface area contributed by atoms with Gasteiger partial charge in [0.15, 0.2) is 0 Å². The molecule has 0 aliphatic carbocycles. The molecular formula is C12H18FNO. The summed E-state index contributed by atoms with van der Waals surface area (Å²) in [6.07, 6.45) is 1.02. The minimum Gasteiger partial charge on any atom is -0.492 e. The van der Waals surface area contributed by atoms with Crippen LogP contribution in [0.4, 0.5) is 4.39 Å². The maximum absolute atomic E-state index is 12.6. The lowest BCUT2D eigenvalue weighted by molar-refractivity contribution is 0.262. The van der Waals surface area contributed by atoms with Gasteiger partial charge in [-0.05, 0) is 37.2 Å². The van der Waals surface area contributed by atoms with E-state index < -0.39 is 0 Å². The normalized spacial score (nSPS) is 12.5. The van der Waals surface area contributed by atoms with E-state index in [-0.39, 0.29) is 5.82 Å². The third-order valence-electron chi connectivity index (χ3n) is 2.25. The molecule has 0 amide bonds. The van der Waals surface area contributed by atoms with Crippen molar-refractivity contribution in [2.24, 2.45) is 0 Å². The molecule has 15 heavy (non-hydrogen) atoms. The molecule has 1 atom stereocenters. The first-order chi connectivity index (χ1) is 7.26. The van der Waals surface area contributed by atoms with Crippen molar-refractivity contribution in [1.29, 1.82) is 0 Å². The average molecular weight is 211 g/mol. The van der Waals surface area contributed by atoms with Crippen molar-refractivity contribution in [3.05, 3.63) is 30.1 Å². The molecule has 0 saturated carbocycles. The van der Waals surface area contributed by atoms with E-state index in [1.165, 1.54) is 12.1 Å². The fourth-order valence-corrected chi connectivity index (χ4v) is 1.34. The van der Waals surface area contributed by atoms with Crippen LogP contribution in [0.25, 0.3) is 0 Å². The molecule has 0 saturated heterocycles. The molecule has 1 unspecified atom stereocenters. The van der Waals surface area contributed by atoms with E-state index in [0.717, 1.165) is 13.0 Å². The summed E-state index contributed by atoms with van der Waals surface area (Å²) in [6, 6.07) is 6.47. The molecule has 0 fully saturated rings. The van der Waals surface area contributed by atoms with Gasteiger partial charge in [0.05, 0.1) is 0 Å². The summed E-state index contributed by atoms with van der Waals surface area (Å²) in [4.78, 5) is 0. The van der Waals surface area contributed by atoms with Crippen molar-refractivity contribution in [3.8, 4) is 5.75 Å². The van der Waals surface area contributed by atoms with Crippen LogP contribution in [-0.4, -0.2) is 19.2 Å². The Morgan fingerprint density at radius 2 is 1.93 bits per heavy atom. The van der Waals surface area contributed by atoms with Crippen molar-refractivity contribution < 1.29 is 9.13 Å². The van der Waals surface area contributed by atoms with E-state index >= 15 is 0 Å². The zero-order chi connectivity index (χ0) is 11.1. The molecule has 0 bridgehead atoms. The van der Waals surface area contributed by atoms with Crippen molar-refractivity contribution >= 4 is 0 Å². The molecule has 3 heteroatoms. The van der Waals surface area contributed by atoms with Crippen molar-refractivity contribution in [2.75, 3.05) is 13.2 Å². The predicted molar refractivity (Wildman–Crippen MR) is 59.7 cm³/mol. The van der Waals surface area contributed by atoms with E-state index in [1.807, 2.05) is 0 Å². The topological polar surface area (TPSA) is 21.3 Å². The van der Waals surface area contributed by atoms with Gasteiger partial charge in [0.25, 0.3) is 0 Å². The summed E-state index contributed by atoms with van der Waals surface area (Å²) in [5.74, 6) is 0.480. The quantitative estimate of drug-likeness (QED) is 0.781. The van der Waals surface area contributed by atoms with Crippen LogP contribution in [0.5, 0.6) is 5.75 Å². The minimum atomic E-state index is -0.235. The first-order valence-corrected chi connectivity index (χ1v) is 5.38. The van der Waals surface area contributed by atoms with E-state index in [0.29, 0.717) is 18.4 Å². The molecule has 1 aromatic rings.